The first kappa shape index (κ1) is 21.7. The van der Waals surface area contributed by atoms with Gasteiger partial charge in [0.05, 0.1) is 4.90 Å². The van der Waals surface area contributed by atoms with Crippen LogP contribution in [0, 0.1) is 19.7 Å². The van der Waals surface area contributed by atoms with Gasteiger partial charge in [0.15, 0.2) is 18.2 Å². The average Bonchev–Trinajstić information content (AvgIpc) is 2.69. The fraction of sp³-hybridized carbons (Fsp3) is 0.350. The number of nitrogens with zero attached hydrogens (tertiary/aromatic N) is 2. The number of hydrogen-bond donors (Lipinski definition) is 0. The lowest BCUT2D eigenvalue weighted by molar-refractivity contribution is -0.134. The van der Waals surface area contributed by atoms with Crippen LogP contribution in [0.15, 0.2) is 45.8 Å². The second-order valence-electron chi connectivity index (χ2n) is 6.89. The summed E-state index contributed by atoms with van der Waals surface area (Å²) in [5, 5.41) is 0. The Bertz CT molecular complexity index is 1020. The van der Waals surface area contributed by atoms with Crippen LogP contribution in [0.2, 0.25) is 0 Å². The van der Waals surface area contributed by atoms with E-state index in [4.69, 9.17) is 4.74 Å². The number of benzene rings is 2. The molecule has 156 valence electrons. The minimum Gasteiger partial charge on any atom is -0.481 e. The van der Waals surface area contributed by atoms with E-state index in [1.807, 2.05) is 13.8 Å². The van der Waals surface area contributed by atoms with Gasteiger partial charge in [-0.2, -0.15) is 4.31 Å². The molecule has 0 unspecified atom stereocenters. The van der Waals surface area contributed by atoms with Crippen LogP contribution in [0.5, 0.6) is 5.75 Å². The Morgan fingerprint density at radius 1 is 1.07 bits per heavy atom. The van der Waals surface area contributed by atoms with Gasteiger partial charge >= 0.3 is 0 Å². The van der Waals surface area contributed by atoms with E-state index >= 15 is 0 Å². The highest BCUT2D eigenvalue weighted by molar-refractivity contribution is 9.10. The first-order valence-electron chi connectivity index (χ1n) is 9.11. The fourth-order valence-electron chi connectivity index (χ4n) is 3.02. The van der Waals surface area contributed by atoms with Crippen molar-refractivity contribution in [2.24, 2.45) is 0 Å². The minimum absolute atomic E-state index is 0.00231. The summed E-state index contributed by atoms with van der Waals surface area (Å²) in [5.41, 5.74) is 1.94. The molecule has 1 saturated heterocycles. The van der Waals surface area contributed by atoms with Crippen LogP contribution >= 0.6 is 15.9 Å². The van der Waals surface area contributed by atoms with E-state index in [0.717, 1.165) is 11.1 Å². The fourth-order valence-corrected chi connectivity index (χ4v) is 4.87. The number of ether oxygens (including phenoxy) is 1. The molecule has 0 aliphatic carbocycles. The molecule has 0 saturated carbocycles. The second kappa shape index (κ2) is 8.81. The van der Waals surface area contributed by atoms with Crippen molar-refractivity contribution in [1.82, 2.24) is 9.21 Å². The van der Waals surface area contributed by atoms with E-state index in [9.17, 15) is 17.6 Å². The highest BCUT2D eigenvalue weighted by Crippen LogP contribution is 2.22. The summed E-state index contributed by atoms with van der Waals surface area (Å²) < 4.78 is 46.7. The number of sulfonamides is 1. The molecule has 1 aliphatic rings. The SMILES string of the molecule is Cc1ccc(S(=O)(=O)N2CCN(C(=O)COc3ccc(Br)cc3F)CC2)cc1C. The molecule has 2 aromatic carbocycles. The number of piperazine rings is 1. The third-order valence-corrected chi connectivity index (χ3v) is 7.34. The topological polar surface area (TPSA) is 66.9 Å². The average molecular weight is 485 g/mol. The number of aryl methyl sites for hydroxylation is 2. The number of halogens is 2. The van der Waals surface area contributed by atoms with E-state index in [0.29, 0.717) is 4.47 Å². The van der Waals surface area contributed by atoms with Crippen molar-refractivity contribution in [1.29, 1.82) is 0 Å². The number of carbonyl (C=O) groups excluding carboxylic acids is 1. The first-order valence-corrected chi connectivity index (χ1v) is 11.3. The van der Waals surface area contributed by atoms with Gasteiger partial charge in [-0.3, -0.25) is 4.79 Å². The van der Waals surface area contributed by atoms with Crippen LogP contribution < -0.4 is 4.74 Å². The lowest BCUT2D eigenvalue weighted by Crippen LogP contribution is -2.51. The predicted molar refractivity (Wildman–Crippen MR) is 111 cm³/mol. The standard InChI is InChI=1S/C20H22BrFN2O4S/c1-14-3-5-17(11-15(14)2)29(26,27)24-9-7-23(8-10-24)20(25)13-28-19-6-4-16(21)12-18(19)22/h3-6,11-12H,7-10,13H2,1-2H3. The van der Waals surface area contributed by atoms with Gasteiger partial charge in [0, 0.05) is 30.7 Å². The van der Waals surface area contributed by atoms with Gasteiger partial charge in [0.25, 0.3) is 5.91 Å². The van der Waals surface area contributed by atoms with Gasteiger partial charge in [-0.05, 0) is 55.3 Å². The Kier molecular flexibility index (Phi) is 6.60. The summed E-state index contributed by atoms with van der Waals surface area (Å²) in [4.78, 5) is 14.1. The van der Waals surface area contributed by atoms with E-state index < -0.39 is 15.8 Å². The van der Waals surface area contributed by atoms with Crippen molar-refractivity contribution in [2.45, 2.75) is 18.7 Å². The van der Waals surface area contributed by atoms with Gasteiger partial charge in [0.2, 0.25) is 10.0 Å². The Morgan fingerprint density at radius 2 is 1.76 bits per heavy atom. The van der Waals surface area contributed by atoms with Gasteiger partial charge in [-0.15, -0.1) is 0 Å². The quantitative estimate of drug-likeness (QED) is 0.653. The summed E-state index contributed by atoms with van der Waals surface area (Å²) >= 11 is 3.16. The third-order valence-electron chi connectivity index (χ3n) is 4.95. The molecule has 0 aromatic heterocycles. The predicted octanol–water partition coefficient (Wildman–Crippen LogP) is 3.12. The Labute approximate surface area is 178 Å². The number of hydrogen-bond acceptors (Lipinski definition) is 4. The van der Waals surface area contributed by atoms with Crippen molar-refractivity contribution in [3.05, 3.63) is 57.8 Å². The van der Waals surface area contributed by atoms with E-state index in [1.54, 1.807) is 24.3 Å². The first-order chi connectivity index (χ1) is 13.7. The maximum absolute atomic E-state index is 13.8. The molecule has 0 radical (unpaired) electrons. The normalized spacial score (nSPS) is 15.4. The molecule has 0 N–H and O–H groups in total. The molecule has 9 heteroatoms. The molecule has 1 aliphatic heterocycles. The molecule has 1 amide bonds. The summed E-state index contributed by atoms with van der Waals surface area (Å²) in [5.74, 6) is -0.871. The Morgan fingerprint density at radius 3 is 2.38 bits per heavy atom. The molecular formula is C20H22BrFN2O4S. The van der Waals surface area contributed by atoms with Crippen LogP contribution in [0.3, 0.4) is 0 Å². The molecule has 0 bridgehead atoms. The summed E-state index contributed by atoms with van der Waals surface area (Å²) in [7, 11) is -3.61. The molecule has 1 fully saturated rings. The van der Waals surface area contributed by atoms with Crippen molar-refractivity contribution in [2.75, 3.05) is 32.8 Å². The van der Waals surface area contributed by atoms with E-state index in [-0.39, 0.29) is 49.3 Å². The lowest BCUT2D eigenvalue weighted by atomic mass is 10.1. The largest absolute Gasteiger partial charge is 0.481 e. The van der Waals surface area contributed by atoms with E-state index in [2.05, 4.69) is 15.9 Å². The summed E-state index contributed by atoms with van der Waals surface area (Å²) in [6, 6.07) is 9.40. The molecular weight excluding hydrogens is 463 g/mol. The third kappa shape index (κ3) is 4.96. The molecule has 1 heterocycles. The van der Waals surface area contributed by atoms with Gasteiger partial charge < -0.3 is 9.64 Å². The minimum atomic E-state index is -3.61. The van der Waals surface area contributed by atoms with Crippen LogP contribution in [0.1, 0.15) is 11.1 Å². The number of amides is 1. The van der Waals surface area contributed by atoms with Gasteiger partial charge in [-0.25, -0.2) is 12.8 Å². The van der Waals surface area contributed by atoms with Crippen LogP contribution in [-0.2, 0) is 14.8 Å². The van der Waals surface area contributed by atoms with Crippen LogP contribution in [0.25, 0.3) is 0 Å². The Hall–Kier alpha value is -1.97. The second-order valence-corrected chi connectivity index (χ2v) is 9.75. The number of carbonyl (C=O) groups is 1. The summed E-state index contributed by atoms with van der Waals surface area (Å²) in [6.45, 7) is 4.42. The molecule has 3 rings (SSSR count). The smallest absolute Gasteiger partial charge is 0.260 e. The zero-order chi connectivity index (χ0) is 21.2. The lowest BCUT2D eigenvalue weighted by Gasteiger charge is -2.34. The van der Waals surface area contributed by atoms with E-state index in [1.165, 1.54) is 21.3 Å². The van der Waals surface area contributed by atoms with Crippen molar-refractivity contribution < 1.29 is 22.3 Å². The number of rotatable bonds is 5. The van der Waals surface area contributed by atoms with Crippen LogP contribution in [0.4, 0.5) is 4.39 Å². The summed E-state index contributed by atoms with van der Waals surface area (Å²) in [6.07, 6.45) is 0. The highest BCUT2D eigenvalue weighted by Gasteiger charge is 2.30. The van der Waals surface area contributed by atoms with Crippen molar-refractivity contribution in [3.8, 4) is 5.75 Å². The molecule has 0 atom stereocenters. The molecule has 0 spiro atoms. The zero-order valence-electron chi connectivity index (χ0n) is 16.2. The van der Waals surface area contributed by atoms with Crippen molar-refractivity contribution in [3.63, 3.8) is 0 Å². The highest BCUT2D eigenvalue weighted by atomic mass is 79.9. The maximum Gasteiger partial charge on any atom is 0.260 e. The maximum atomic E-state index is 13.8. The Balaban J connectivity index is 1.58. The van der Waals surface area contributed by atoms with Crippen LogP contribution in [-0.4, -0.2) is 56.3 Å². The van der Waals surface area contributed by atoms with Gasteiger partial charge in [0.1, 0.15) is 0 Å². The van der Waals surface area contributed by atoms with Crippen molar-refractivity contribution >= 4 is 31.9 Å². The molecule has 6 nitrogen and oxygen atoms in total. The zero-order valence-corrected chi connectivity index (χ0v) is 18.6. The molecule has 29 heavy (non-hydrogen) atoms. The monoisotopic (exact) mass is 484 g/mol. The molecule has 2 aromatic rings. The van der Waals surface area contributed by atoms with Gasteiger partial charge in [-0.1, -0.05) is 22.0 Å².